The number of unbranched alkanes of at least 4 members (excludes halogenated alkanes) is 3. The molecule has 8 heteroatoms. The second kappa shape index (κ2) is 14.5. The van der Waals surface area contributed by atoms with E-state index in [2.05, 4.69) is 51.0 Å². The third kappa shape index (κ3) is 6.73. The highest BCUT2D eigenvalue weighted by molar-refractivity contribution is 7.16. The Kier molecular flexibility index (Phi) is 10.8. The van der Waals surface area contributed by atoms with Crippen LogP contribution < -0.4 is 0 Å². The number of fused-ring (bicyclic) bond motifs is 1. The van der Waals surface area contributed by atoms with Crippen LogP contribution in [0.5, 0.6) is 0 Å². The topological polar surface area (TPSA) is 96.8 Å². The Labute approximate surface area is 248 Å². The van der Waals surface area contributed by atoms with Crippen molar-refractivity contribution in [2.45, 2.75) is 111 Å². The molecule has 0 fully saturated rings. The number of aromatic nitrogens is 4. The second-order valence-corrected chi connectivity index (χ2v) is 11.9. The predicted molar refractivity (Wildman–Crippen MR) is 167 cm³/mol. The molecule has 216 valence electrons. The first kappa shape index (κ1) is 30.5. The van der Waals surface area contributed by atoms with E-state index in [1.807, 2.05) is 18.2 Å². The molecule has 3 heterocycles. The number of aliphatic imine (C=N–C) groups is 1. The largest absolute Gasteiger partial charge is 0.291 e. The second-order valence-electron chi connectivity index (χ2n) is 10.9. The average molecular weight is 571 g/mol. The van der Waals surface area contributed by atoms with Crippen LogP contribution in [0.1, 0.15) is 132 Å². The average Bonchev–Trinajstić information content (AvgIpc) is 3.62. The van der Waals surface area contributed by atoms with Crippen molar-refractivity contribution in [3.05, 3.63) is 58.1 Å². The maximum atomic E-state index is 13.3. The Balaban J connectivity index is 1.88. The fourth-order valence-corrected chi connectivity index (χ4v) is 6.47. The minimum atomic E-state index is -0.435. The molecule has 4 rings (SSSR count). The molecule has 1 unspecified atom stereocenters. The number of benzene rings is 1. The van der Waals surface area contributed by atoms with Crippen LogP contribution in [-0.4, -0.2) is 31.4 Å². The van der Waals surface area contributed by atoms with E-state index in [4.69, 9.17) is 15.0 Å². The summed E-state index contributed by atoms with van der Waals surface area (Å²) in [6, 6.07) is 12.3. The highest BCUT2D eigenvalue weighted by Gasteiger charge is 2.34. The van der Waals surface area contributed by atoms with Crippen molar-refractivity contribution in [2.24, 2.45) is 4.99 Å². The molecular weight excluding hydrogens is 528 g/mol. The summed E-state index contributed by atoms with van der Waals surface area (Å²) in [4.78, 5) is 28.5. The molecule has 0 spiro atoms. The molecule has 0 radical (unpaired) electrons. The molecule has 3 aromatic rings. The lowest BCUT2D eigenvalue weighted by atomic mass is 9.96. The molecule has 1 aliphatic rings. The van der Waals surface area contributed by atoms with Gasteiger partial charge in [0.05, 0.1) is 5.01 Å². The van der Waals surface area contributed by atoms with Gasteiger partial charge in [-0.05, 0) is 32.6 Å². The van der Waals surface area contributed by atoms with Gasteiger partial charge in [-0.25, -0.2) is 15.0 Å². The van der Waals surface area contributed by atoms with Gasteiger partial charge in [0.25, 0.3) is 5.91 Å². The van der Waals surface area contributed by atoms with Gasteiger partial charge in [-0.3, -0.25) is 4.79 Å². The third-order valence-corrected chi connectivity index (χ3v) is 9.01. The Morgan fingerprint density at radius 1 is 0.951 bits per heavy atom. The number of carbonyl (C=O) groups is 1. The third-order valence-electron chi connectivity index (χ3n) is 7.90. The van der Waals surface area contributed by atoms with E-state index < -0.39 is 5.91 Å². The zero-order valence-electron chi connectivity index (χ0n) is 25.1. The van der Waals surface area contributed by atoms with E-state index >= 15 is 0 Å². The lowest BCUT2D eigenvalue weighted by molar-refractivity contribution is 0.0941. The molecule has 1 aliphatic heterocycles. The van der Waals surface area contributed by atoms with Crippen LogP contribution in [0.15, 0.2) is 46.5 Å². The fourth-order valence-electron chi connectivity index (χ4n) is 5.34. The maximum Gasteiger partial charge on any atom is 0.291 e. The molecule has 1 atom stereocenters. The van der Waals surface area contributed by atoms with Crippen LogP contribution >= 0.6 is 11.3 Å². The zero-order chi connectivity index (χ0) is 29.4. The summed E-state index contributed by atoms with van der Waals surface area (Å²) in [6.07, 6.45) is 10.8. The Hall–Kier alpha value is -3.44. The zero-order valence-corrected chi connectivity index (χ0v) is 25.9. The summed E-state index contributed by atoms with van der Waals surface area (Å²) in [5, 5.41) is 16.5. The van der Waals surface area contributed by atoms with Gasteiger partial charge in [-0.1, -0.05) is 108 Å². The minimum absolute atomic E-state index is 0.0593. The van der Waals surface area contributed by atoms with Crippen LogP contribution in [-0.2, 0) is 0 Å². The van der Waals surface area contributed by atoms with Crippen LogP contribution in [0.3, 0.4) is 0 Å². The van der Waals surface area contributed by atoms with Crippen molar-refractivity contribution < 1.29 is 4.79 Å². The van der Waals surface area contributed by atoms with E-state index in [0.29, 0.717) is 28.9 Å². The Bertz CT molecular complexity index is 1430. The normalized spacial score (nSPS) is 15.0. The molecule has 0 saturated heterocycles. The number of allylic oxidation sites excluding steroid dienone is 2. The number of hydrogen-bond acceptors (Lipinski definition) is 7. The number of hydrogen-bond donors (Lipinski definition) is 0. The molecule has 1 aromatic carbocycles. The van der Waals surface area contributed by atoms with Crippen LogP contribution in [0.4, 0.5) is 5.00 Å². The summed E-state index contributed by atoms with van der Waals surface area (Å²) in [7, 11) is 0. The quantitative estimate of drug-likeness (QED) is 0.192. The van der Waals surface area contributed by atoms with E-state index in [-0.39, 0.29) is 11.5 Å². The van der Waals surface area contributed by atoms with E-state index in [1.165, 1.54) is 4.68 Å². The fraction of sp³-hybridized carbons (Fsp3) is 0.515. The van der Waals surface area contributed by atoms with E-state index in [9.17, 15) is 10.1 Å². The van der Waals surface area contributed by atoms with E-state index in [0.717, 1.165) is 85.5 Å². The van der Waals surface area contributed by atoms with Gasteiger partial charge in [0, 0.05) is 23.0 Å². The van der Waals surface area contributed by atoms with E-state index in [1.54, 1.807) is 18.3 Å². The SMILES string of the molecule is CCCCC(CC)c1nc2n(n1)C(=O)C(C#N)=C(C)C2=Nc1sc(C(CCCC)CCCC)nc1-c1ccccc1. The number of thiazole rings is 1. The lowest BCUT2D eigenvalue weighted by Gasteiger charge is -2.15. The summed E-state index contributed by atoms with van der Waals surface area (Å²) in [6.45, 7) is 10.5. The molecule has 0 N–H and O–H groups in total. The van der Waals surface area contributed by atoms with Crippen molar-refractivity contribution in [3.8, 4) is 17.3 Å². The summed E-state index contributed by atoms with van der Waals surface area (Å²) >= 11 is 1.63. The van der Waals surface area contributed by atoms with Crippen molar-refractivity contribution in [2.75, 3.05) is 0 Å². The van der Waals surface area contributed by atoms with Crippen LogP contribution in [0, 0.1) is 11.3 Å². The predicted octanol–water partition coefficient (Wildman–Crippen LogP) is 9.16. The monoisotopic (exact) mass is 570 g/mol. The highest BCUT2D eigenvalue weighted by atomic mass is 32.1. The summed E-state index contributed by atoms with van der Waals surface area (Å²) < 4.78 is 1.30. The summed E-state index contributed by atoms with van der Waals surface area (Å²) in [5.74, 6) is 1.17. The lowest BCUT2D eigenvalue weighted by Crippen LogP contribution is -2.28. The first-order valence-electron chi connectivity index (χ1n) is 15.2. The number of nitriles is 1. The standard InChI is InChI=1S/C33H42N6OS/c1-6-10-16-23(9-4)29-37-30-27(22(5)26(21-34)33(40)39(30)38-29)35-32-28(24-19-14-13-15-20-24)36-31(41-32)25(17-11-7-2)18-12-8-3/h13-15,19-20,23,25H,6-12,16-18H2,1-5H3. The highest BCUT2D eigenvalue weighted by Crippen LogP contribution is 2.42. The van der Waals surface area contributed by atoms with Crippen molar-refractivity contribution in [1.29, 1.82) is 5.26 Å². The molecule has 0 saturated carbocycles. The van der Waals surface area contributed by atoms with Gasteiger partial charge >= 0.3 is 0 Å². The first-order valence-corrected chi connectivity index (χ1v) is 16.1. The molecule has 0 amide bonds. The number of rotatable bonds is 14. The van der Waals surface area contributed by atoms with Gasteiger partial charge in [-0.2, -0.15) is 9.94 Å². The first-order chi connectivity index (χ1) is 20.0. The minimum Gasteiger partial charge on any atom is -0.266 e. The molecule has 7 nitrogen and oxygen atoms in total. The van der Waals surface area contributed by atoms with Gasteiger partial charge < -0.3 is 0 Å². The maximum absolute atomic E-state index is 13.3. The summed E-state index contributed by atoms with van der Waals surface area (Å²) in [5.41, 5.74) is 2.95. The molecule has 2 aromatic heterocycles. The molecule has 0 aliphatic carbocycles. The number of nitrogens with zero attached hydrogens (tertiary/aromatic N) is 6. The molecule has 0 bridgehead atoms. The molecule has 41 heavy (non-hydrogen) atoms. The van der Waals surface area contributed by atoms with Crippen LogP contribution in [0.2, 0.25) is 0 Å². The van der Waals surface area contributed by atoms with Gasteiger partial charge in [0.2, 0.25) is 0 Å². The van der Waals surface area contributed by atoms with Gasteiger partial charge in [-0.15, -0.1) is 5.10 Å². The smallest absolute Gasteiger partial charge is 0.266 e. The van der Waals surface area contributed by atoms with Crippen LogP contribution in [0.25, 0.3) is 11.3 Å². The number of carbonyl (C=O) groups excluding carboxylic acids is 1. The van der Waals surface area contributed by atoms with Gasteiger partial charge in [0.1, 0.15) is 28.0 Å². The van der Waals surface area contributed by atoms with Gasteiger partial charge in [0.15, 0.2) is 11.6 Å². The van der Waals surface area contributed by atoms with Crippen molar-refractivity contribution in [3.63, 3.8) is 0 Å². The van der Waals surface area contributed by atoms with Crippen molar-refractivity contribution >= 4 is 28.0 Å². The Morgan fingerprint density at radius 3 is 2.17 bits per heavy atom. The van der Waals surface area contributed by atoms with Crippen molar-refractivity contribution in [1.82, 2.24) is 19.7 Å². The molecular formula is C33H42N6OS. The Morgan fingerprint density at radius 2 is 1.59 bits per heavy atom.